The van der Waals surface area contributed by atoms with Crippen molar-refractivity contribution in [1.82, 2.24) is 9.55 Å². The maximum absolute atomic E-state index is 12.8. The van der Waals surface area contributed by atoms with Crippen LogP contribution >= 0.6 is 11.8 Å². The van der Waals surface area contributed by atoms with Gasteiger partial charge in [0.25, 0.3) is 5.56 Å². The van der Waals surface area contributed by atoms with Crippen molar-refractivity contribution in [2.45, 2.75) is 25.0 Å². The maximum atomic E-state index is 12.8. The number of Topliss-reactive ketones (excluding diaryl/α,β-unsaturated/α-hetero) is 1. The normalized spacial score (nSPS) is 10.8. The van der Waals surface area contributed by atoms with E-state index >= 15 is 0 Å². The first kappa shape index (κ1) is 20.8. The summed E-state index contributed by atoms with van der Waals surface area (Å²) in [5, 5.41) is 12.8. The Bertz CT molecular complexity index is 1090. The van der Waals surface area contributed by atoms with E-state index in [0.717, 1.165) is 0 Å². The van der Waals surface area contributed by atoms with Crippen LogP contribution < -0.4 is 10.9 Å². The van der Waals surface area contributed by atoms with Crippen molar-refractivity contribution >= 4 is 40.0 Å². The Balaban J connectivity index is 1.75. The number of aromatic nitrogens is 2. The van der Waals surface area contributed by atoms with Gasteiger partial charge in [0.1, 0.15) is 0 Å². The molecule has 2 N–H and O–H groups in total. The van der Waals surface area contributed by atoms with Crippen LogP contribution in [0.2, 0.25) is 0 Å². The number of benzene rings is 2. The fourth-order valence-electron chi connectivity index (χ4n) is 2.80. The molecule has 3 rings (SSSR count). The molecular formula is C21H21N3O4S. The second-order valence-corrected chi connectivity index (χ2v) is 7.36. The van der Waals surface area contributed by atoms with Gasteiger partial charge in [0.2, 0.25) is 5.91 Å². The number of anilines is 1. The van der Waals surface area contributed by atoms with Gasteiger partial charge in [-0.25, -0.2) is 4.98 Å². The van der Waals surface area contributed by atoms with Crippen molar-refractivity contribution in [2.75, 3.05) is 17.7 Å². The van der Waals surface area contributed by atoms with E-state index in [4.69, 9.17) is 5.11 Å². The van der Waals surface area contributed by atoms with Crippen molar-refractivity contribution in [1.29, 1.82) is 0 Å². The maximum Gasteiger partial charge on any atom is 0.262 e. The second-order valence-electron chi connectivity index (χ2n) is 6.42. The molecule has 0 saturated heterocycles. The first-order valence-electron chi connectivity index (χ1n) is 9.13. The van der Waals surface area contributed by atoms with Crippen LogP contribution in [0.15, 0.2) is 58.5 Å². The summed E-state index contributed by atoms with van der Waals surface area (Å²) < 4.78 is 1.50. The van der Waals surface area contributed by atoms with E-state index in [1.807, 2.05) is 0 Å². The molecule has 0 saturated carbocycles. The third-order valence-corrected chi connectivity index (χ3v) is 5.25. The van der Waals surface area contributed by atoms with Crippen LogP contribution in [0, 0.1) is 0 Å². The van der Waals surface area contributed by atoms with E-state index in [1.165, 1.54) is 23.3 Å². The first-order chi connectivity index (χ1) is 14.0. The monoisotopic (exact) mass is 411 g/mol. The zero-order valence-corrected chi connectivity index (χ0v) is 16.7. The number of rotatable bonds is 8. The Morgan fingerprint density at radius 2 is 1.86 bits per heavy atom. The molecule has 0 atom stereocenters. The van der Waals surface area contributed by atoms with E-state index in [-0.39, 0.29) is 29.6 Å². The lowest BCUT2D eigenvalue weighted by molar-refractivity contribution is -0.113. The summed E-state index contributed by atoms with van der Waals surface area (Å²) in [4.78, 5) is 41.0. The van der Waals surface area contributed by atoms with Gasteiger partial charge in [-0.05, 0) is 49.7 Å². The molecule has 0 unspecified atom stereocenters. The predicted octanol–water partition coefficient (Wildman–Crippen LogP) is 2.71. The molecule has 0 radical (unpaired) electrons. The number of hydrogen-bond donors (Lipinski definition) is 2. The summed E-state index contributed by atoms with van der Waals surface area (Å²) in [6, 6.07) is 13.7. The summed E-state index contributed by atoms with van der Waals surface area (Å²) in [5.41, 5.74) is 1.54. The summed E-state index contributed by atoms with van der Waals surface area (Å²) >= 11 is 1.17. The molecule has 7 nitrogen and oxygen atoms in total. The minimum atomic E-state index is -0.248. The van der Waals surface area contributed by atoms with Crippen LogP contribution in [0.4, 0.5) is 5.69 Å². The zero-order chi connectivity index (χ0) is 20.8. The van der Waals surface area contributed by atoms with Crippen LogP contribution in [0.3, 0.4) is 0 Å². The van der Waals surface area contributed by atoms with Crippen molar-refractivity contribution in [3.8, 4) is 0 Å². The molecule has 1 amide bonds. The summed E-state index contributed by atoms with van der Waals surface area (Å²) in [6.07, 6.45) is 0.419. The fourth-order valence-corrected chi connectivity index (χ4v) is 3.62. The number of fused-ring (bicyclic) bond motifs is 1. The highest BCUT2D eigenvalue weighted by Crippen LogP contribution is 2.19. The number of aliphatic hydroxyl groups is 1. The molecule has 2 aromatic carbocycles. The molecule has 150 valence electrons. The van der Waals surface area contributed by atoms with E-state index in [2.05, 4.69) is 10.3 Å². The van der Waals surface area contributed by atoms with Gasteiger partial charge in [-0.3, -0.25) is 19.0 Å². The molecule has 0 fully saturated rings. The van der Waals surface area contributed by atoms with Crippen molar-refractivity contribution < 1.29 is 14.7 Å². The van der Waals surface area contributed by atoms with Gasteiger partial charge in [0.05, 0.1) is 16.7 Å². The van der Waals surface area contributed by atoms with Gasteiger partial charge in [-0.15, -0.1) is 0 Å². The lowest BCUT2D eigenvalue weighted by Crippen LogP contribution is -2.24. The number of carbonyl (C=O) groups excluding carboxylic acids is 2. The minimum absolute atomic E-state index is 0.0401. The van der Waals surface area contributed by atoms with E-state index < -0.39 is 0 Å². The summed E-state index contributed by atoms with van der Waals surface area (Å²) in [7, 11) is 0. The standard InChI is InChI=1S/C21H21N3O4S/c1-14(26)15-7-9-16(10-8-15)22-19(27)13-29-21-23-18-6-3-2-5-17(18)20(28)24(21)11-4-12-25/h2-3,5-10,25H,4,11-13H2,1H3,(H,22,27). The van der Waals surface area contributed by atoms with Crippen molar-refractivity contribution in [2.24, 2.45) is 0 Å². The molecule has 1 aromatic heterocycles. The first-order valence-corrected chi connectivity index (χ1v) is 10.1. The molecule has 0 spiro atoms. The summed E-state index contributed by atoms with van der Waals surface area (Å²) in [6.45, 7) is 1.76. The zero-order valence-electron chi connectivity index (χ0n) is 15.9. The number of nitrogens with zero attached hydrogens (tertiary/aromatic N) is 2. The third-order valence-electron chi connectivity index (χ3n) is 4.27. The highest BCUT2D eigenvalue weighted by atomic mass is 32.2. The SMILES string of the molecule is CC(=O)c1ccc(NC(=O)CSc2nc3ccccc3c(=O)n2CCCO)cc1. The Kier molecular flexibility index (Phi) is 6.79. The average molecular weight is 411 g/mol. The van der Waals surface area contributed by atoms with Gasteiger partial charge >= 0.3 is 0 Å². The lowest BCUT2D eigenvalue weighted by atomic mass is 10.1. The Morgan fingerprint density at radius 3 is 2.55 bits per heavy atom. The topological polar surface area (TPSA) is 101 Å². The largest absolute Gasteiger partial charge is 0.396 e. The van der Waals surface area contributed by atoms with Gasteiger partial charge in [-0.2, -0.15) is 0 Å². The van der Waals surface area contributed by atoms with Crippen molar-refractivity contribution in [3.63, 3.8) is 0 Å². The fraction of sp³-hybridized carbons (Fsp3) is 0.238. The molecule has 0 bridgehead atoms. The Hall–Kier alpha value is -2.97. The van der Waals surface area contributed by atoms with Gasteiger partial charge in [-0.1, -0.05) is 23.9 Å². The molecule has 0 aliphatic carbocycles. The van der Waals surface area contributed by atoms with E-state index in [1.54, 1.807) is 48.5 Å². The molecule has 29 heavy (non-hydrogen) atoms. The van der Waals surface area contributed by atoms with Crippen LogP contribution in [0.5, 0.6) is 0 Å². The molecule has 1 heterocycles. The number of nitrogens with one attached hydrogen (secondary N) is 1. The third kappa shape index (κ3) is 5.10. The van der Waals surface area contributed by atoms with Gasteiger partial charge in [0.15, 0.2) is 10.9 Å². The number of hydrogen-bond acceptors (Lipinski definition) is 6. The van der Waals surface area contributed by atoms with Crippen molar-refractivity contribution in [3.05, 3.63) is 64.4 Å². The summed E-state index contributed by atoms with van der Waals surface area (Å²) in [5.74, 6) is -0.221. The van der Waals surface area contributed by atoms with Gasteiger partial charge < -0.3 is 10.4 Å². The predicted molar refractivity (Wildman–Crippen MR) is 114 cm³/mol. The Morgan fingerprint density at radius 1 is 1.14 bits per heavy atom. The quantitative estimate of drug-likeness (QED) is 0.336. The molecule has 3 aromatic rings. The molecule has 0 aliphatic rings. The highest BCUT2D eigenvalue weighted by molar-refractivity contribution is 7.99. The highest BCUT2D eigenvalue weighted by Gasteiger charge is 2.13. The number of ketones is 1. The molecule has 0 aliphatic heterocycles. The van der Waals surface area contributed by atoms with Crippen LogP contribution in [0.1, 0.15) is 23.7 Å². The van der Waals surface area contributed by atoms with E-state index in [0.29, 0.717) is 40.3 Å². The Labute approximate surface area is 171 Å². The number of thioether (sulfide) groups is 1. The van der Waals surface area contributed by atoms with Crippen LogP contribution in [0.25, 0.3) is 10.9 Å². The van der Waals surface area contributed by atoms with Crippen LogP contribution in [-0.4, -0.2) is 38.7 Å². The minimum Gasteiger partial charge on any atom is -0.396 e. The molecular weight excluding hydrogens is 390 g/mol. The average Bonchev–Trinajstić information content (AvgIpc) is 2.72. The smallest absolute Gasteiger partial charge is 0.262 e. The van der Waals surface area contributed by atoms with E-state index in [9.17, 15) is 14.4 Å². The number of aliphatic hydroxyl groups excluding tert-OH is 1. The molecule has 8 heteroatoms. The second kappa shape index (κ2) is 9.49. The lowest BCUT2D eigenvalue weighted by Gasteiger charge is -2.12. The number of para-hydroxylation sites is 1. The number of carbonyl (C=O) groups is 2. The van der Waals surface area contributed by atoms with Crippen LogP contribution in [-0.2, 0) is 11.3 Å². The van der Waals surface area contributed by atoms with Gasteiger partial charge in [0, 0.05) is 24.4 Å². The number of amides is 1.